The highest BCUT2D eigenvalue weighted by atomic mass is 32.2. The van der Waals surface area contributed by atoms with Crippen LogP contribution >= 0.6 is 11.8 Å². The highest BCUT2D eigenvalue weighted by Crippen LogP contribution is 2.21. The summed E-state index contributed by atoms with van der Waals surface area (Å²) in [6.07, 6.45) is 1.64. The molecule has 0 unspecified atom stereocenters. The van der Waals surface area contributed by atoms with Crippen molar-refractivity contribution < 1.29 is 4.39 Å². The topological polar surface area (TPSA) is 59.8 Å². The zero-order valence-electron chi connectivity index (χ0n) is 14.9. The van der Waals surface area contributed by atoms with Gasteiger partial charge in [-0.15, -0.1) is 16.8 Å². The molecule has 0 spiro atoms. The van der Waals surface area contributed by atoms with Gasteiger partial charge >= 0.3 is 0 Å². The van der Waals surface area contributed by atoms with E-state index in [1.54, 1.807) is 18.2 Å². The van der Waals surface area contributed by atoms with E-state index in [0.29, 0.717) is 17.5 Å². The molecule has 0 amide bonds. The minimum atomic E-state index is -0.279. The monoisotopic (exact) mass is 382 g/mol. The number of thioether (sulfide) groups is 1. The number of nitrogens with one attached hydrogen (secondary N) is 1. The molecule has 2 aromatic carbocycles. The molecule has 0 fully saturated rings. The van der Waals surface area contributed by atoms with Crippen molar-refractivity contribution >= 4 is 23.3 Å². The standard InChI is InChI=1S/C20H19FN4OS/c1-3-12-25-19(26)18(22-17-10-4-14(2)5-11-17)23-24-20(25)27-13-15-6-8-16(21)9-7-15/h3-11H,1,12-13H2,2H3,(H,22,23). The Bertz CT molecular complexity index is 984. The Labute approximate surface area is 161 Å². The number of anilines is 2. The first-order chi connectivity index (χ1) is 13.1. The molecule has 1 aromatic heterocycles. The molecule has 0 aliphatic heterocycles. The molecule has 27 heavy (non-hydrogen) atoms. The summed E-state index contributed by atoms with van der Waals surface area (Å²) in [5, 5.41) is 11.7. The first-order valence-corrected chi connectivity index (χ1v) is 9.34. The van der Waals surface area contributed by atoms with Crippen LogP contribution < -0.4 is 10.9 Å². The summed E-state index contributed by atoms with van der Waals surface area (Å²) in [5.41, 5.74) is 2.56. The molecule has 0 saturated heterocycles. The molecule has 5 nitrogen and oxygen atoms in total. The van der Waals surface area contributed by atoms with Crippen LogP contribution in [-0.2, 0) is 12.3 Å². The number of hydrogen-bond acceptors (Lipinski definition) is 5. The van der Waals surface area contributed by atoms with Gasteiger partial charge in [0.1, 0.15) is 5.82 Å². The van der Waals surface area contributed by atoms with Crippen LogP contribution in [0.5, 0.6) is 0 Å². The third-order valence-corrected chi connectivity index (χ3v) is 4.86. The van der Waals surface area contributed by atoms with Gasteiger partial charge in [-0.25, -0.2) is 4.39 Å². The fourth-order valence-electron chi connectivity index (χ4n) is 2.38. The quantitative estimate of drug-likeness (QED) is 0.487. The molecule has 0 atom stereocenters. The predicted molar refractivity (Wildman–Crippen MR) is 107 cm³/mol. The van der Waals surface area contributed by atoms with Gasteiger partial charge in [0.15, 0.2) is 5.16 Å². The molecule has 7 heteroatoms. The van der Waals surface area contributed by atoms with E-state index in [1.165, 1.54) is 28.5 Å². The minimum absolute atomic E-state index is 0.159. The van der Waals surface area contributed by atoms with Gasteiger partial charge in [0, 0.05) is 18.0 Å². The van der Waals surface area contributed by atoms with Crippen molar-refractivity contribution in [2.45, 2.75) is 24.4 Å². The van der Waals surface area contributed by atoms with Gasteiger partial charge in [-0.1, -0.05) is 47.7 Å². The molecule has 1 heterocycles. The van der Waals surface area contributed by atoms with Crippen LogP contribution in [-0.4, -0.2) is 14.8 Å². The number of allylic oxidation sites excluding steroid dienone is 1. The van der Waals surface area contributed by atoms with Crippen molar-refractivity contribution in [1.29, 1.82) is 0 Å². The Morgan fingerprint density at radius 2 is 1.85 bits per heavy atom. The number of aryl methyl sites for hydroxylation is 1. The highest BCUT2D eigenvalue weighted by molar-refractivity contribution is 7.98. The van der Waals surface area contributed by atoms with E-state index in [0.717, 1.165) is 16.8 Å². The second-order valence-corrected chi connectivity index (χ2v) is 6.88. The van der Waals surface area contributed by atoms with E-state index in [4.69, 9.17) is 0 Å². The van der Waals surface area contributed by atoms with Crippen LogP contribution in [0, 0.1) is 12.7 Å². The Morgan fingerprint density at radius 1 is 1.15 bits per heavy atom. The van der Waals surface area contributed by atoms with Crippen LogP contribution in [0.25, 0.3) is 0 Å². The van der Waals surface area contributed by atoms with E-state index < -0.39 is 0 Å². The van der Waals surface area contributed by atoms with Gasteiger partial charge in [0.05, 0.1) is 0 Å². The Balaban J connectivity index is 1.83. The summed E-state index contributed by atoms with van der Waals surface area (Å²) in [5.74, 6) is 0.432. The number of hydrogen-bond donors (Lipinski definition) is 1. The SMILES string of the molecule is C=CCn1c(SCc2ccc(F)cc2)nnc(Nc2ccc(C)cc2)c1=O. The molecule has 3 rings (SSSR count). The zero-order valence-corrected chi connectivity index (χ0v) is 15.7. The maximum Gasteiger partial charge on any atom is 0.297 e. The van der Waals surface area contributed by atoms with E-state index in [2.05, 4.69) is 22.1 Å². The second-order valence-electron chi connectivity index (χ2n) is 5.94. The summed E-state index contributed by atoms with van der Waals surface area (Å²) in [6, 6.07) is 13.9. The first-order valence-electron chi connectivity index (χ1n) is 8.36. The van der Waals surface area contributed by atoms with E-state index in [9.17, 15) is 9.18 Å². The van der Waals surface area contributed by atoms with Crippen molar-refractivity contribution in [2.24, 2.45) is 0 Å². The van der Waals surface area contributed by atoms with Crippen molar-refractivity contribution in [2.75, 3.05) is 5.32 Å². The summed E-state index contributed by atoms with van der Waals surface area (Å²) in [6.45, 7) is 6.03. The van der Waals surface area contributed by atoms with Gasteiger partial charge in [-0.05, 0) is 36.8 Å². The fraction of sp³-hybridized carbons (Fsp3) is 0.150. The third-order valence-electron chi connectivity index (χ3n) is 3.82. The van der Waals surface area contributed by atoms with Crippen LogP contribution in [0.4, 0.5) is 15.9 Å². The molecular formula is C20H19FN4OS. The van der Waals surface area contributed by atoms with Crippen LogP contribution in [0.3, 0.4) is 0 Å². The van der Waals surface area contributed by atoms with Crippen LogP contribution in [0.1, 0.15) is 11.1 Å². The molecule has 1 N–H and O–H groups in total. The Hall–Kier alpha value is -2.93. The van der Waals surface area contributed by atoms with Gasteiger partial charge in [0.25, 0.3) is 5.56 Å². The predicted octanol–water partition coefficient (Wildman–Crippen LogP) is 4.31. The molecule has 0 aliphatic rings. The van der Waals surface area contributed by atoms with Crippen molar-refractivity contribution in [3.05, 3.63) is 88.5 Å². The third kappa shape index (κ3) is 4.83. The average molecular weight is 382 g/mol. The number of aromatic nitrogens is 3. The lowest BCUT2D eigenvalue weighted by molar-refractivity contribution is 0.625. The fourth-order valence-corrected chi connectivity index (χ4v) is 3.28. The molecule has 0 radical (unpaired) electrons. The molecule has 0 saturated carbocycles. The molecule has 3 aromatic rings. The summed E-state index contributed by atoms with van der Waals surface area (Å²) >= 11 is 1.37. The van der Waals surface area contributed by atoms with Crippen molar-refractivity contribution in [3.63, 3.8) is 0 Å². The number of nitrogens with zero attached hydrogens (tertiary/aromatic N) is 3. The van der Waals surface area contributed by atoms with Gasteiger partial charge in [0.2, 0.25) is 5.82 Å². The maximum atomic E-state index is 13.0. The first kappa shape index (κ1) is 18.8. The number of benzene rings is 2. The van der Waals surface area contributed by atoms with E-state index in [1.807, 2.05) is 31.2 Å². The van der Waals surface area contributed by atoms with Crippen LogP contribution in [0.2, 0.25) is 0 Å². The lowest BCUT2D eigenvalue weighted by Crippen LogP contribution is -2.26. The molecule has 0 bridgehead atoms. The van der Waals surface area contributed by atoms with Gasteiger partial charge < -0.3 is 5.32 Å². The smallest absolute Gasteiger partial charge is 0.297 e. The zero-order chi connectivity index (χ0) is 19.2. The molecular weight excluding hydrogens is 363 g/mol. The Morgan fingerprint density at radius 3 is 2.52 bits per heavy atom. The summed E-state index contributed by atoms with van der Waals surface area (Å²) in [7, 11) is 0. The lowest BCUT2D eigenvalue weighted by atomic mass is 10.2. The van der Waals surface area contributed by atoms with Gasteiger partial charge in [-0.3, -0.25) is 9.36 Å². The normalized spacial score (nSPS) is 10.6. The minimum Gasteiger partial charge on any atom is -0.334 e. The van der Waals surface area contributed by atoms with Crippen molar-refractivity contribution in [3.8, 4) is 0 Å². The number of rotatable bonds is 7. The average Bonchev–Trinajstić information content (AvgIpc) is 2.67. The van der Waals surface area contributed by atoms with Gasteiger partial charge in [-0.2, -0.15) is 0 Å². The summed E-state index contributed by atoms with van der Waals surface area (Å²) in [4.78, 5) is 12.8. The Kier molecular flexibility index (Phi) is 6.03. The van der Waals surface area contributed by atoms with E-state index >= 15 is 0 Å². The molecule has 138 valence electrons. The number of halogens is 1. The van der Waals surface area contributed by atoms with E-state index in [-0.39, 0.29) is 17.2 Å². The van der Waals surface area contributed by atoms with Crippen LogP contribution in [0.15, 0.2) is 71.1 Å². The summed E-state index contributed by atoms with van der Waals surface area (Å²) < 4.78 is 14.5. The molecule has 0 aliphatic carbocycles. The largest absolute Gasteiger partial charge is 0.334 e. The second kappa shape index (κ2) is 8.64. The maximum absolute atomic E-state index is 13.0. The highest BCUT2D eigenvalue weighted by Gasteiger charge is 2.12. The lowest BCUT2D eigenvalue weighted by Gasteiger charge is -2.11. The van der Waals surface area contributed by atoms with Crippen molar-refractivity contribution in [1.82, 2.24) is 14.8 Å².